The van der Waals surface area contributed by atoms with Crippen LogP contribution in [0.25, 0.3) is 0 Å². The number of thiophene rings is 1. The summed E-state index contributed by atoms with van der Waals surface area (Å²) in [5.41, 5.74) is 0. The first kappa shape index (κ1) is 14.6. The Kier molecular flexibility index (Phi) is 5.17. The summed E-state index contributed by atoms with van der Waals surface area (Å²) < 4.78 is 0. The van der Waals surface area contributed by atoms with E-state index in [4.69, 9.17) is 0 Å². The molecule has 1 heterocycles. The maximum Gasteiger partial charge on any atom is 0.0388 e. The molecule has 0 amide bonds. The smallest absolute Gasteiger partial charge is 0.0388 e. The zero-order chi connectivity index (χ0) is 13.8. The van der Waals surface area contributed by atoms with E-state index in [0.29, 0.717) is 6.04 Å². The average molecular weight is 292 g/mol. The van der Waals surface area contributed by atoms with Crippen molar-refractivity contribution >= 4 is 11.3 Å². The van der Waals surface area contributed by atoms with Gasteiger partial charge >= 0.3 is 0 Å². The molecule has 112 valence electrons. The highest BCUT2D eigenvalue weighted by Gasteiger charge is 2.33. The minimum atomic E-state index is 0.532. The summed E-state index contributed by atoms with van der Waals surface area (Å²) >= 11 is 1.89. The van der Waals surface area contributed by atoms with Gasteiger partial charge in [0.05, 0.1) is 0 Å². The van der Waals surface area contributed by atoms with Crippen molar-refractivity contribution < 1.29 is 0 Å². The minimum Gasteiger partial charge on any atom is -0.306 e. The monoisotopic (exact) mass is 291 g/mol. The molecular weight excluding hydrogens is 262 g/mol. The lowest BCUT2D eigenvalue weighted by Gasteiger charge is -2.40. The summed E-state index contributed by atoms with van der Waals surface area (Å²) in [7, 11) is 0. The van der Waals surface area contributed by atoms with Crippen molar-refractivity contribution in [2.45, 2.75) is 76.8 Å². The molecule has 2 saturated carbocycles. The van der Waals surface area contributed by atoms with E-state index in [-0.39, 0.29) is 0 Å². The van der Waals surface area contributed by atoms with Crippen LogP contribution in [0.15, 0.2) is 17.5 Å². The lowest BCUT2D eigenvalue weighted by Crippen LogP contribution is -2.43. The second-order valence-electron chi connectivity index (χ2n) is 6.86. The van der Waals surface area contributed by atoms with Crippen LogP contribution in [-0.4, -0.2) is 6.04 Å². The Morgan fingerprint density at radius 1 is 1.05 bits per heavy atom. The molecule has 2 heteroatoms. The van der Waals surface area contributed by atoms with Crippen molar-refractivity contribution in [2.75, 3.05) is 0 Å². The van der Waals surface area contributed by atoms with Gasteiger partial charge in [-0.3, -0.25) is 0 Å². The van der Waals surface area contributed by atoms with Gasteiger partial charge in [0.15, 0.2) is 0 Å². The molecule has 3 atom stereocenters. The molecule has 3 rings (SSSR count). The van der Waals surface area contributed by atoms with Crippen LogP contribution < -0.4 is 5.32 Å². The maximum absolute atomic E-state index is 3.98. The SMILES string of the molecule is C[C@@H](NC1CCCCC1C1CCCCC1)c1cccs1. The van der Waals surface area contributed by atoms with Crippen molar-refractivity contribution in [1.82, 2.24) is 5.32 Å². The molecule has 1 nitrogen and oxygen atoms in total. The summed E-state index contributed by atoms with van der Waals surface area (Å²) in [6, 6.07) is 5.76. The van der Waals surface area contributed by atoms with Gasteiger partial charge in [-0.2, -0.15) is 0 Å². The van der Waals surface area contributed by atoms with Gasteiger partial charge in [0.1, 0.15) is 0 Å². The number of rotatable bonds is 4. The van der Waals surface area contributed by atoms with Crippen molar-refractivity contribution in [2.24, 2.45) is 11.8 Å². The molecule has 0 radical (unpaired) electrons. The van der Waals surface area contributed by atoms with Crippen molar-refractivity contribution in [3.05, 3.63) is 22.4 Å². The second-order valence-corrected chi connectivity index (χ2v) is 7.84. The Balaban J connectivity index is 1.62. The van der Waals surface area contributed by atoms with E-state index >= 15 is 0 Å². The molecule has 2 fully saturated rings. The third kappa shape index (κ3) is 3.46. The van der Waals surface area contributed by atoms with E-state index < -0.39 is 0 Å². The molecule has 1 N–H and O–H groups in total. The summed E-state index contributed by atoms with van der Waals surface area (Å²) in [6.07, 6.45) is 13.2. The third-order valence-electron chi connectivity index (χ3n) is 5.51. The molecule has 1 aromatic heterocycles. The zero-order valence-corrected chi connectivity index (χ0v) is 13.6. The van der Waals surface area contributed by atoms with E-state index in [0.717, 1.165) is 17.9 Å². The van der Waals surface area contributed by atoms with Crippen LogP contribution in [0, 0.1) is 11.8 Å². The number of hydrogen-bond donors (Lipinski definition) is 1. The number of hydrogen-bond acceptors (Lipinski definition) is 2. The molecule has 2 unspecified atom stereocenters. The Hall–Kier alpha value is -0.340. The highest BCUT2D eigenvalue weighted by molar-refractivity contribution is 7.10. The van der Waals surface area contributed by atoms with Crippen LogP contribution in [-0.2, 0) is 0 Å². The predicted molar refractivity (Wildman–Crippen MR) is 88.2 cm³/mol. The normalized spacial score (nSPS) is 30.2. The van der Waals surface area contributed by atoms with Gasteiger partial charge in [-0.05, 0) is 43.0 Å². The molecule has 2 aliphatic rings. The van der Waals surface area contributed by atoms with Gasteiger partial charge in [-0.1, -0.05) is 51.0 Å². The van der Waals surface area contributed by atoms with Gasteiger partial charge in [-0.25, -0.2) is 0 Å². The summed E-state index contributed by atoms with van der Waals surface area (Å²) in [5, 5.41) is 6.18. The molecule has 20 heavy (non-hydrogen) atoms. The first-order valence-corrected chi connectivity index (χ1v) is 9.52. The predicted octanol–water partition coefficient (Wildman–Crippen LogP) is 5.54. The Bertz CT molecular complexity index is 380. The minimum absolute atomic E-state index is 0.532. The van der Waals surface area contributed by atoms with E-state index in [1.54, 1.807) is 0 Å². The number of nitrogens with one attached hydrogen (secondary N) is 1. The first-order chi connectivity index (χ1) is 9.84. The van der Waals surface area contributed by atoms with Gasteiger partial charge in [-0.15, -0.1) is 11.3 Å². The fourth-order valence-electron chi connectivity index (χ4n) is 4.43. The van der Waals surface area contributed by atoms with Crippen molar-refractivity contribution in [1.29, 1.82) is 0 Å². The van der Waals surface area contributed by atoms with Crippen molar-refractivity contribution in [3.8, 4) is 0 Å². The molecular formula is C18H29NS. The van der Waals surface area contributed by atoms with Gasteiger partial charge < -0.3 is 5.32 Å². The zero-order valence-electron chi connectivity index (χ0n) is 12.8. The standard InChI is InChI=1S/C18H29NS/c1-14(18-12-7-13-20-18)19-17-11-6-5-10-16(17)15-8-3-2-4-9-15/h7,12-17,19H,2-6,8-11H2,1H3/t14-,16?,17?/m1/s1. The van der Waals surface area contributed by atoms with Crippen LogP contribution in [0.2, 0.25) is 0 Å². The molecule has 0 saturated heterocycles. The molecule has 0 spiro atoms. The first-order valence-electron chi connectivity index (χ1n) is 8.64. The summed E-state index contributed by atoms with van der Waals surface area (Å²) in [5.74, 6) is 1.96. The molecule has 0 aromatic carbocycles. The fraction of sp³-hybridized carbons (Fsp3) is 0.778. The average Bonchev–Trinajstić information content (AvgIpc) is 3.03. The highest BCUT2D eigenvalue weighted by Crippen LogP contribution is 2.39. The Morgan fingerprint density at radius 2 is 1.80 bits per heavy atom. The van der Waals surface area contributed by atoms with Crippen LogP contribution in [0.1, 0.15) is 75.6 Å². The van der Waals surface area contributed by atoms with Gasteiger partial charge in [0, 0.05) is 17.0 Å². The summed E-state index contributed by atoms with van der Waals surface area (Å²) in [6.45, 7) is 2.35. The lowest BCUT2D eigenvalue weighted by molar-refractivity contribution is 0.143. The quantitative estimate of drug-likeness (QED) is 0.768. The van der Waals surface area contributed by atoms with Crippen LogP contribution in [0.4, 0.5) is 0 Å². The van der Waals surface area contributed by atoms with Crippen LogP contribution >= 0.6 is 11.3 Å². The Morgan fingerprint density at radius 3 is 2.55 bits per heavy atom. The van der Waals surface area contributed by atoms with Gasteiger partial charge in [0.25, 0.3) is 0 Å². The third-order valence-corrected chi connectivity index (χ3v) is 6.56. The second kappa shape index (κ2) is 7.09. The lowest BCUT2D eigenvalue weighted by atomic mass is 9.71. The van der Waals surface area contributed by atoms with E-state index in [1.165, 1.54) is 62.7 Å². The van der Waals surface area contributed by atoms with Crippen LogP contribution in [0.5, 0.6) is 0 Å². The largest absolute Gasteiger partial charge is 0.306 e. The summed E-state index contributed by atoms with van der Waals surface area (Å²) in [4.78, 5) is 1.50. The Labute approximate surface area is 128 Å². The molecule has 2 aliphatic carbocycles. The topological polar surface area (TPSA) is 12.0 Å². The van der Waals surface area contributed by atoms with Crippen molar-refractivity contribution in [3.63, 3.8) is 0 Å². The van der Waals surface area contributed by atoms with E-state index in [9.17, 15) is 0 Å². The van der Waals surface area contributed by atoms with Crippen LogP contribution in [0.3, 0.4) is 0 Å². The van der Waals surface area contributed by atoms with E-state index in [2.05, 4.69) is 29.8 Å². The molecule has 0 aliphatic heterocycles. The molecule has 0 bridgehead atoms. The fourth-order valence-corrected chi connectivity index (χ4v) is 5.18. The highest BCUT2D eigenvalue weighted by atomic mass is 32.1. The van der Waals surface area contributed by atoms with Gasteiger partial charge in [0.2, 0.25) is 0 Å². The van der Waals surface area contributed by atoms with E-state index in [1.807, 2.05) is 11.3 Å². The molecule has 1 aromatic rings. The maximum atomic E-state index is 3.98.